The summed E-state index contributed by atoms with van der Waals surface area (Å²) in [6.07, 6.45) is 1.08. The maximum Gasteiger partial charge on any atom is 0.0627 e. The minimum atomic E-state index is 0.253. The van der Waals surface area contributed by atoms with Crippen molar-refractivity contribution in [2.45, 2.75) is 18.5 Å². The summed E-state index contributed by atoms with van der Waals surface area (Å²) in [5.41, 5.74) is 0. The molecule has 0 aliphatic carbocycles. The van der Waals surface area contributed by atoms with Gasteiger partial charge < -0.3 is 14.8 Å². The van der Waals surface area contributed by atoms with E-state index in [9.17, 15) is 0 Å². The maximum absolute atomic E-state index is 5.74. The molecule has 4 heteroatoms. The molecule has 1 N–H and O–H groups in total. The van der Waals surface area contributed by atoms with E-state index in [0.29, 0.717) is 18.5 Å². The molecule has 1 aliphatic heterocycles. The van der Waals surface area contributed by atoms with Crippen molar-refractivity contribution in [1.29, 1.82) is 0 Å². The topological polar surface area (TPSA) is 30.5 Å². The molecule has 2 unspecified atom stereocenters. The first-order valence-corrected chi connectivity index (χ1v) is 4.79. The predicted molar refractivity (Wildman–Crippen MR) is 48.7 cm³/mol. The third-order valence-electron chi connectivity index (χ3n) is 1.96. The fraction of sp³-hybridized carbons (Fsp3) is 1.00. The number of rotatable bonds is 5. The second kappa shape index (κ2) is 5.75. The Morgan fingerprint density at radius 3 is 3.08 bits per heavy atom. The van der Waals surface area contributed by atoms with E-state index in [4.69, 9.17) is 21.1 Å². The summed E-state index contributed by atoms with van der Waals surface area (Å²) < 4.78 is 10.3. The average molecular weight is 194 g/mol. The smallest absolute Gasteiger partial charge is 0.0627 e. The van der Waals surface area contributed by atoms with Gasteiger partial charge in [0.25, 0.3) is 0 Å². The molecule has 3 nitrogen and oxygen atoms in total. The lowest BCUT2D eigenvalue weighted by atomic mass is 10.2. The maximum atomic E-state index is 5.74. The third kappa shape index (κ3) is 3.27. The molecule has 12 heavy (non-hydrogen) atoms. The molecule has 0 saturated carbocycles. The second-order valence-electron chi connectivity index (χ2n) is 3.03. The lowest BCUT2D eigenvalue weighted by molar-refractivity contribution is 0.158. The third-order valence-corrected chi connectivity index (χ3v) is 2.33. The number of halogens is 1. The van der Waals surface area contributed by atoms with Gasteiger partial charge in [0.15, 0.2) is 0 Å². The standard InChI is InChI=1S/C8H16ClNO2/c1-11-5-8(4-9)10-7-2-3-12-6-7/h7-8,10H,2-6H2,1H3. The highest BCUT2D eigenvalue weighted by Crippen LogP contribution is 2.05. The number of alkyl halides is 1. The molecule has 2 atom stereocenters. The summed E-state index contributed by atoms with van der Waals surface area (Å²) in [6.45, 7) is 2.33. The summed E-state index contributed by atoms with van der Waals surface area (Å²) in [7, 11) is 1.69. The van der Waals surface area contributed by atoms with Crippen LogP contribution in [-0.4, -0.2) is 44.9 Å². The van der Waals surface area contributed by atoms with Crippen LogP contribution in [0.3, 0.4) is 0 Å². The lowest BCUT2D eigenvalue weighted by Crippen LogP contribution is -2.42. The van der Waals surface area contributed by atoms with E-state index in [1.807, 2.05) is 0 Å². The van der Waals surface area contributed by atoms with Crippen LogP contribution in [0.2, 0.25) is 0 Å². The highest BCUT2D eigenvalue weighted by molar-refractivity contribution is 6.18. The van der Waals surface area contributed by atoms with Crippen LogP contribution in [0.4, 0.5) is 0 Å². The van der Waals surface area contributed by atoms with Crippen molar-refractivity contribution in [3.05, 3.63) is 0 Å². The summed E-state index contributed by atoms with van der Waals surface area (Å²) in [4.78, 5) is 0. The van der Waals surface area contributed by atoms with Crippen molar-refractivity contribution >= 4 is 11.6 Å². The van der Waals surface area contributed by atoms with Crippen molar-refractivity contribution in [3.8, 4) is 0 Å². The van der Waals surface area contributed by atoms with Crippen molar-refractivity contribution < 1.29 is 9.47 Å². The van der Waals surface area contributed by atoms with Crippen LogP contribution in [0, 0.1) is 0 Å². The Morgan fingerprint density at radius 2 is 2.58 bits per heavy atom. The molecule has 0 aromatic heterocycles. The lowest BCUT2D eigenvalue weighted by Gasteiger charge is -2.18. The van der Waals surface area contributed by atoms with Crippen LogP contribution < -0.4 is 5.32 Å². The highest BCUT2D eigenvalue weighted by Gasteiger charge is 2.18. The molecule has 0 spiro atoms. The minimum Gasteiger partial charge on any atom is -0.383 e. The van der Waals surface area contributed by atoms with Gasteiger partial charge in [-0.15, -0.1) is 11.6 Å². The molecule has 0 bridgehead atoms. The monoisotopic (exact) mass is 193 g/mol. The van der Waals surface area contributed by atoms with E-state index in [1.54, 1.807) is 7.11 Å². The quantitative estimate of drug-likeness (QED) is 0.650. The molecular weight excluding hydrogens is 178 g/mol. The SMILES string of the molecule is COCC(CCl)NC1CCOC1. The first-order valence-electron chi connectivity index (χ1n) is 4.25. The summed E-state index contributed by atoms with van der Waals surface area (Å²) in [6, 6.07) is 0.715. The van der Waals surface area contributed by atoms with Crippen molar-refractivity contribution in [3.63, 3.8) is 0 Å². The van der Waals surface area contributed by atoms with E-state index in [-0.39, 0.29) is 6.04 Å². The molecule has 1 fully saturated rings. The summed E-state index contributed by atoms with van der Waals surface area (Å²) in [5.74, 6) is 0.588. The van der Waals surface area contributed by atoms with E-state index in [0.717, 1.165) is 19.6 Å². The Bertz CT molecular complexity index is 118. The van der Waals surface area contributed by atoms with Crippen molar-refractivity contribution in [2.24, 2.45) is 0 Å². The van der Waals surface area contributed by atoms with Crippen molar-refractivity contribution in [1.82, 2.24) is 5.32 Å². The molecule has 1 aliphatic rings. The largest absolute Gasteiger partial charge is 0.383 e. The van der Waals surface area contributed by atoms with Gasteiger partial charge in [0.2, 0.25) is 0 Å². The molecule has 1 rings (SSSR count). The Morgan fingerprint density at radius 1 is 1.75 bits per heavy atom. The Kier molecular flexibility index (Phi) is 4.92. The van der Waals surface area contributed by atoms with Gasteiger partial charge in [-0.2, -0.15) is 0 Å². The average Bonchev–Trinajstić information content (AvgIpc) is 2.56. The number of ether oxygens (including phenoxy) is 2. The first kappa shape index (κ1) is 10.3. The Hall–Kier alpha value is 0.170. The van der Waals surface area contributed by atoms with E-state index in [1.165, 1.54) is 0 Å². The van der Waals surface area contributed by atoms with E-state index >= 15 is 0 Å². The van der Waals surface area contributed by atoms with E-state index < -0.39 is 0 Å². The van der Waals surface area contributed by atoms with Gasteiger partial charge in [-0.1, -0.05) is 0 Å². The zero-order valence-electron chi connectivity index (χ0n) is 7.38. The molecule has 0 aromatic rings. The minimum absolute atomic E-state index is 0.253. The van der Waals surface area contributed by atoms with Crippen molar-refractivity contribution in [2.75, 3.05) is 32.8 Å². The van der Waals surface area contributed by atoms with Gasteiger partial charge in [-0.25, -0.2) is 0 Å². The number of hydrogen-bond donors (Lipinski definition) is 1. The number of hydrogen-bond acceptors (Lipinski definition) is 3. The zero-order chi connectivity index (χ0) is 8.81. The fourth-order valence-corrected chi connectivity index (χ4v) is 1.52. The normalized spacial score (nSPS) is 26.0. The molecule has 0 amide bonds. The van der Waals surface area contributed by atoms with Gasteiger partial charge in [0, 0.05) is 31.7 Å². The second-order valence-corrected chi connectivity index (χ2v) is 3.34. The first-order chi connectivity index (χ1) is 5.86. The van der Waals surface area contributed by atoms with Gasteiger partial charge in [-0.05, 0) is 6.42 Å². The summed E-state index contributed by atoms with van der Waals surface area (Å²) in [5, 5.41) is 3.38. The predicted octanol–water partition coefficient (Wildman–Crippen LogP) is 0.619. The highest BCUT2D eigenvalue weighted by atomic mass is 35.5. The molecule has 0 radical (unpaired) electrons. The van der Waals surface area contributed by atoms with Gasteiger partial charge in [0.1, 0.15) is 0 Å². The molecule has 0 aromatic carbocycles. The van der Waals surface area contributed by atoms with Crippen LogP contribution in [0.1, 0.15) is 6.42 Å². The fourth-order valence-electron chi connectivity index (χ4n) is 1.34. The Labute approximate surface area is 78.4 Å². The van der Waals surface area contributed by atoms with Crippen LogP contribution in [0.5, 0.6) is 0 Å². The van der Waals surface area contributed by atoms with Crippen LogP contribution in [-0.2, 0) is 9.47 Å². The molecule has 1 heterocycles. The number of nitrogens with one attached hydrogen (secondary N) is 1. The van der Waals surface area contributed by atoms with E-state index in [2.05, 4.69) is 5.32 Å². The van der Waals surface area contributed by atoms with Gasteiger partial charge in [-0.3, -0.25) is 0 Å². The van der Waals surface area contributed by atoms with Gasteiger partial charge in [0.05, 0.1) is 13.2 Å². The molecular formula is C8H16ClNO2. The van der Waals surface area contributed by atoms with Crippen LogP contribution >= 0.6 is 11.6 Å². The zero-order valence-corrected chi connectivity index (χ0v) is 8.14. The molecule has 1 saturated heterocycles. The summed E-state index contributed by atoms with van der Waals surface area (Å²) >= 11 is 5.74. The number of methoxy groups -OCH3 is 1. The Balaban J connectivity index is 2.16. The van der Waals surface area contributed by atoms with Crippen LogP contribution in [0.25, 0.3) is 0 Å². The van der Waals surface area contributed by atoms with Gasteiger partial charge >= 0.3 is 0 Å². The molecule has 72 valence electrons. The van der Waals surface area contributed by atoms with Crippen LogP contribution in [0.15, 0.2) is 0 Å².